The van der Waals surface area contributed by atoms with Gasteiger partial charge in [0.05, 0.1) is 23.4 Å². The van der Waals surface area contributed by atoms with Gasteiger partial charge in [-0.15, -0.1) is 0 Å². The highest BCUT2D eigenvalue weighted by Gasteiger charge is 2.29. The molecule has 0 saturated carbocycles. The zero-order valence-corrected chi connectivity index (χ0v) is 19.4. The van der Waals surface area contributed by atoms with E-state index in [2.05, 4.69) is 21.4 Å². The minimum Gasteiger partial charge on any atom is -0.324 e. The van der Waals surface area contributed by atoms with Gasteiger partial charge in [0.2, 0.25) is 11.9 Å². The summed E-state index contributed by atoms with van der Waals surface area (Å²) in [5.41, 5.74) is 4.57. The zero-order valence-electron chi connectivity index (χ0n) is 19.4. The Labute approximate surface area is 206 Å². The van der Waals surface area contributed by atoms with Crippen LogP contribution >= 0.6 is 0 Å². The second-order valence-corrected chi connectivity index (χ2v) is 8.56. The summed E-state index contributed by atoms with van der Waals surface area (Å²) in [6.07, 6.45) is 2.10. The number of hydrogen-bond donors (Lipinski definition) is 1. The molecule has 3 aromatic carbocycles. The maximum absolute atomic E-state index is 14.1. The molecule has 0 bridgehead atoms. The number of amides is 1. The standard InChI is InChI=1S/C28H21F2N5O/c1-17-12-22(6-7-23(17)29)33-28-32-10-8-25(34-28)20-13-19-9-11-35(27(19)21(14-20)16-31)26(36)15-18-4-2-3-5-24(18)30/h2-8,10,12-14H,9,11,15H2,1H3,(H,32,33,34). The molecule has 1 N–H and O–H groups in total. The zero-order chi connectivity index (χ0) is 25.2. The number of carbonyl (C=O) groups is 1. The van der Waals surface area contributed by atoms with Gasteiger partial charge in [0.1, 0.15) is 17.7 Å². The van der Waals surface area contributed by atoms with Crippen LogP contribution in [-0.4, -0.2) is 22.4 Å². The van der Waals surface area contributed by atoms with Crippen molar-refractivity contribution in [2.45, 2.75) is 19.8 Å². The molecular weight excluding hydrogens is 460 g/mol. The molecule has 4 aromatic rings. The number of halogens is 2. The van der Waals surface area contributed by atoms with E-state index in [-0.39, 0.29) is 18.1 Å². The number of hydrogen-bond acceptors (Lipinski definition) is 5. The Bertz CT molecular complexity index is 1530. The number of fused-ring (bicyclic) bond motifs is 1. The predicted octanol–water partition coefficient (Wildman–Crippen LogP) is 5.48. The molecule has 1 aliphatic heterocycles. The molecule has 0 fully saturated rings. The second kappa shape index (κ2) is 9.55. The van der Waals surface area contributed by atoms with Crippen molar-refractivity contribution in [3.8, 4) is 17.3 Å². The van der Waals surface area contributed by atoms with E-state index in [0.29, 0.717) is 52.7 Å². The molecule has 1 aliphatic rings. The SMILES string of the molecule is Cc1cc(Nc2nccc(-c3cc(C#N)c4c(c3)CCN4C(=O)Cc3ccccc3F)n2)ccc1F. The molecule has 8 heteroatoms. The van der Waals surface area contributed by atoms with Crippen LogP contribution in [0.5, 0.6) is 0 Å². The van der Waals surface area contributed by atoms with Crippen molar-refractivity contribution < 1.29 is 13.6 Å². The number of benzene rings is 3. The number of nitrogens with one attached hydrogen (secondary N) is 1. The van der Waals surface area contributed by atoms with Gasteiger partial charge in [0.15, 0.2) is 0 Å². The quantitative estimate of drug-likeness (QED) is 0.408. The molecule has 2 heterocycles. The fraction of sp³-hybridized carbons (Fsp3) is 0.143. The molecule has 1 aromatic heterocycles. The van der Waals surface area contributed by atoms with Crippen LogP contribution in [0.1, 0.15) is 22.3 Å². The van der Waals surface area contributed by atoms with Crippen molar-refractivity contribution in [3.05, 3.63) is 101 Å². The Balaban J connectivity index is 1.43. The molecule has 178 valence electrons. The fourth-order valence-corrected chi connectivity index (χ4v) is 4.36. The first-order valence-electron chi connectivity index (χ1n) is 11.4. The van der Waals surface area contributed by atoms with Crippen LogP contribution in [0.4, 0.5) is 26.1 Å². The van der Waals surface area contributed by atoms with E-state index in [1.807, 2.05) is 6.07 Å². The van der Waals surface area contributed by atoms with Crippen LogP contribution in [0.15, 0.2) is 66.9 Å². The summed E-state index contributed by atoms with van der Waals surface area (Å²) < 4.78 is 27.7. The lowest BCUT2D eigenvalue weighted by molar-refractivity contribution is -0.117. The van der Waals surface area contributed by atoms with Gasteiger partial charge >= 0.3 is 0 Å². The van der Waals surface area contributed by atoms with Crippen molar-refractivity contribution in [2.75, 3.05) is 16.8 Å². The average Bonchev–Trinajstić information content (AvgIpc) is 3.32. The van der Waals surface area contributed by atoms with Crippen molar-refractivity contribution >= 4 is 23.2 Å². The first-order valence-corrected chi connectivity index (χ1v) is 11.4. The van der Waals surface area contributed by atoms with Gasteiger partial charge in [-0.3, -0.25) is 4.79 Å². The smallest absolute Gasteiger partial charge is 0.231 e. The van der Waals surface area contributed by atoms with Crippen LogP contribution in [0, 0.1) is 29.9 Å². The van der Waals surface area contributed by atoms with E-state index in [9.17, 15) is 18.8 Å². The molecule has 0 atom stereocenters. The fourth-order valence-electron chi connectivity index (χ4n) is 4.36. The number of aryl methyl sites for hydroxylation is 1. The lowest BCUT2D eigenvalue weighted by atomic mass is 10.0. The Morgan fingerprint density at radius 3 is 2.72 bits per heavy atom. The summed E-state index contributed by atoms with van der Waals surface area (Å²) in [4.78, 5) is 23.4. The first-order chi connectivity index (χ1) is 17.4. The normalized spacial score (nSPS) is 12.2. The molecule has 5 rings (SSSR count). The van der Waals surface area contributed by atoms with Gasteiger partial charge in [0.25, 0.3) is 0 Å². The Morgan fingerprint density at radius 2 is 1.94 bits per heavy atom. The van der Waals surface area contributed by atoms with Gasteiger partial charge < -0.3 is 10.2 Å². The Morgan fingerprint density at radius 1 is 1.11 bits per heavy atom. The predicted molar refractivity (Wildman–Crippen MR) is 133 cm³/mol. The minimum atomic E-state index is -0.426. The topological polar surface area (TPSA) is 81.9 Å². The Kier molecular flexibility index (Phi) is 6.13. The molecule has 6 nitrogen and oxygen atoms in total. The van der Waals surface area contributed by atoms with E-state index >= 15 is 0 Å². The number of anilines is 3. The van der Waals surface area contributed by atoms with E-state index < -0.39 is 5.82 Å². The van der Waals surface area contributed by atoms with Crippen LogP contribution in [-0.2, 0) is 17.6 Å². The highest BCUT2D eigenvalue weighted by molar-refractivity contribution is 5.98. The van der Waals surface area contributed by atoms with E-state index in [1.165, 1.54) is 12.1 Å². The molecule has 0 spiro atoms. The van der Waals surface area contributed by atoms with Crippen molar-refractivity contribution in [1.29, 1.82) is 5.26 Å². The summed E-state index contributed by atoms with van der Waals surface area (Å²) in [6.45, 7) is 2.09. The number of carbonyl (C=O) groups excluding carboxylic acids is 1. The van der Waals surface area contributed by atoms with Gasteiger partial charge in [-0.25, -0.2) is 18.7 Å². The summed E-state index contributed by atoms with van der Waals surface area (Å²) in [7, 11) is 0. The second-order valence-electron chi connectivity index (χ2n) is 8.56. The summed E-state index contributed by atoms with van der Waals surface area (Å²) in [5, 5.41) is 13.0. The number of nitrogens with zero attached hydrogens (tertiary/aromatic N) is 4. The maximum Gasteiger partial charge on any atom is 0.231 e. The van der Waals surface area contributed by atoms with Gasteiger partial charge in [-0.2, -0.15) is 5.26 Å². The van der Waals surface area contributed by atoms with Crippen LogP contribution < -0.4 is 10.2 Å². The number of aromatic nitrogens is 2. The first kappa shape index (κ1) is 23.1. The molecule has 0 radical (unpaired) electrons. The monoisotopic (exact) mass is 481 g/mol. The largest absolute Gasteiger partial charge is 0.324 e. The number of rotatable bonds is 5. The lowest BCUT2D eigenvalue weighted by Crippen LogP contribution is -2.31. The molecule has 0 saturated heterocycles. The van der Waals surface area contributed by atoms with Crippen molar-refractivity contribution in [1.82, 2.24) is 9.97 Å². The molecule has 36 heavy (non-hydrogen) atoms. The van der Waals surface area contributed by atoms with E-state index in [4.69, 9.17) is 0 Å². The van der Waals surface area contributed by atoms with Crippen molar-refractivity contribution in [2.24, 2.45) is 0 Å². The maximum atomic E-state index is 14.1. The lowest BCUT2D eigenvalue weighted by Gasteiger charge is -2.19. The van der Waals surface area contributed by atoms with E-state index in [1.54, 1.807) is 60.5 Å². The molecule has 0 aliphatic carbocycles. The summed E-state index contributed by atoms with van der Waals surface area (Å²) in [5.74, 6) is -0.644. The highest BCUT2D eigenvalue weighted by atomic mass is 19.1. The van der Waals surface area contributed by atoms with Crippen molar-refractivity contribution in [3.63, 3.8) is 0 Å². The summed E-state index contributed by atoms with van der Waals surface area (Å²) >= 11 is 0. The van der Waals surface area contributed by atoms with E-state index in [0.717, 1.165) is 11.1 Å². The van der Waals surface area contributed by atoms with Crippen LogP contribution in [0.25, 0.3) is 11.3 Å². The van der Waals surface area contributed by atoms with Gasteiger partial charge in [-0.05, 0) is 72.5 Å². The molecule has 0 unspecified atom stereocenters. The average molecular weight is 482 g/mol. The van der Waals surface area contributed by atoms with Crippen LogP contribution in [0.2, 0.25) is 0 Å². The third-order valence-corrected chi connectivity index (χ3v) is 6.15. The summed E-state index contributed by atoms with van der Waals surface area (Å²) in [6, 6.07) is 18.4. The Hall–Kier alpha value is -4.64. The minimum absolute atomic E-state index is 0.0808. The highest BCUT2D eigenvalue weighted by Crippen LogP contribution is 2.36. The number of nitriles is 1. The molecular formula is C28H21F2N5O. The molecule has 1 amide bonds. The third-order valence-electron chi connectivity index (χ3n) is 6.15. The third kappa shape index (κ3) is 4.51. The van der Waals surface area contributed by atoms with Crippen LogP contribution in [0.3, 0.4) is 0 Å². The van der Waals surface area contributed by atoms with Gasteiger partial charge in [0, 0.05) is 24.0 Å². The van der Waals surface area contributed by atoms with Gasteiger partial charge in [-0.1, -0.05) is 18.2 Å².